The monoisotopic (exact) mass is 257 g/mol. The van der Waals surface area contributed by atoms with Crippen LogP contribution in [0.4, 0.5) is 4.79 Å². The molecule has 6 nitrogen and oxygen atoms in total. The van der Waals surface area contributed by atoms with Crippen LogP contribution in [0.15, 0.2) is 0 Å². The summed E-state index contributed by atoms with van der Waals surface area (Å²) in [6.07, 6.45) is 0. The van der Waals surface area contributed by atoms with Crippen molar-refractivity contribution in [3.05, 3.63) is 0 Å². The van der Waals surface area contributed by atoms with Gasteiger partial charge in [0.2, 0.25) is 0 Å². The summed E-state index contributed by atoms with van der Waals surface area (Å²) in [7, 11) is 4.02. The molecule has 0 radical (unpaired) electrons. The Kier molecular flexibility index (Phi) is 4.95. The molecule has 0 saturated carbocycles. The van der Waals surface area contributed by atoms with Crippen LogP contribution in [0.2, 0.25) is 0 Å². The molecule has 2 N–H and O–H groups in total. The highest BCUT2D eigenvalue weighted by Gasteiger charge is 2.33. The van der Waals surface area contributed by atoms with Gasteiger partial charge < -0.3 is 20.2 Å². The van der Waals surface area contributed by atoms with Crippen molar-refractivity contribution >= 4 is 12.0 Å². The van der Waals surface area contributed by atoms with Crippen LogP contribution in [-0.2, 0) is 4.79 Å². The maximum Gasteiger partial charge on any atom is 0.317 e. The van der Waals surface area contributed by atoms with Crippen molar-refractivity contribution in [1.29, 1.82) is 0 Å². The maximum atomic E-state index is 11.9. The normalized spacial score (nSPS) is 25.3. The lowest BCUT2D eigenvalue weighted by Crippen LogP contribution is -2.42. The smallest absolute Gasteiger partial charge is 0.317 e. The fraction of sp³-hybridized carbons (Fsp3) is 0.833. The molecule has 1 saturated heterocycles. The van der Waals surface area contributed by atoms with Crippen LogP contribution < -0.4 is 5.32 Å². The van der Waals surface area contributed by atoms with Crippen LogP contribution in [0.3, 0.4) is 0 Å². The first-order valence-corrected chi connectivity index (χ1v) is 6.25. The molecule has 1 aliphatic rings. The largest absolute Gasteiger partial charge is 0.481 e. The van der Waals surface area contributed by atoms with Crippen molar-refractivity contribution in [2.24, 2.45) is 11.8 Å². The molecule has 0 aromatic carbocycles. The average molecular weight is 257 g/mol. The second-order valence-electron chi connectivity index (χ2n) is 5.34. The second kappa shape index (κ2) is 6.04. The number of nitrogens with one attached hydrogen (secondary N) is 1. The van der Waals surface area contributed by atoms with Gasteiger partial charge in [-0.1, -0.05) is 13.8 Å². The average Bonchev–Trinajstić information content (AvgIpc) is 2.67. The minimum atomic E-state index is -0.892. The predicted molar refractivity (Wildman–Crippen MR) is 68.4 cm³/mol. The molecule has 0 spiro atoms. The number of rotatable bonds is 4. The SMILES string of the molecule is CC(CNC(=O)N1CC(C)C(N(C)C)C1)C(=O)O. The Morgan fingerprint density at radius 3 is 2.50 bits per heavy atom. The minimum absolute atomic E-state index is 0.167. The van der Waals surface area contributed by atoms with Gasteiger partial charge in [-0.15, -0.1) is 0 Å². The number of aliphatic carboxylic acids is 1. The van der Waals surface area contributed by atoms with Gasteiger partial charge in [-0.3, -0.25) is 4.79 Å². The van der Waals surface area contributed by atoms with Crippen molar-refractivity contribution in [3.63, 3.8) is 0 Å². The number of carbonyl (C=O) groups excluding carboxylic acids is 1. The molecule has 18 heavy (non-hydrogen) atoms. The molecule has 0 aliphatic carbocycles. The van der Waals surface area contributed by atoms with Crippen LogP contribution in [0.1, 0.15) is 13.8 Å². The second-order valence-corrected chi connectivity index (χ2v) is 5.34. The van der Waals surface area contributed by atoms with E-state index in [1.165, 1.54) is 0 Å². The molecule has 3 atom stereocenters. The summed E-state index contributed by atoms with van der Waals surface area (Å²) in [5, 5.41) is 11.4. The molecule has 1 fully saturated rings. The Morgan fingerprint density at radius 2 is 2.06 bits per heavy atom. The van der Waals surface area contributed by atoms with Gasteiger partial charge in [0, 0.05) is 25.7 Å². The zero-order chi connectivity index (χ0) is 13.9. The lowest BCUT2D eigenvalue weighted by atomic mass is 10.1. The number of nitrogens with zero attached hydrogens (tertiary/aromatic N) is 2. The summed E-state index contributed by atoms with van der Waals surface area (Å²) in [4.78, 5) is 26.4. The van der Waals surface area contributed by atoms with Gasteiger partial charge in [0.1, 0.15) is 0 Å². The topological polar surface area (TPSA) is 72.9 Å². The summed E-state index contributed by atoms with van der Waals surface area (Å²) in [6.45, 7) is 5.29. The van der Waals surface area contributed by atoms with Crippen LogP contribution in [-0.4, -0.2) is 66.7 Å². The minimum Gasteiger partial charge on any atom is -0.481 e. The van der Waals surface area contributed by atoms with E-state index in [2.05, 4.69) is 17.1 Å². The van der Waals surface area contributed by atoms with Crippen molar-refractivity contribution in [1.82, 2.24) is 15.1 Å². The molecule has 2 amide bonds. The third-order valence-electron chi connectivity index (χ3n) is 3.50. The molecule has 6 heteroatoms. The Bertz CT molecular complexity index is 320. The third kappa shape index (κ3) is 3.60. The predicted octanol–water partition coefficient (Wildman–Crippen LogP) is 0.299. The van der Waals surface area contributed by atoms with E-state index in [1.807, 2.05) is 14.1 Å². The Balaban J connectivity index is 2.42. The quantitative estimate of drug-likeness (QED) is 0.759. The Morgan fingerprint density at radius 1 is 1.44 bits per heavy atom. The number of carboxylic acids is 1. The number of carboxylic acid groups (broad SMARTS) is 1. The van der Waals surface area contributed by atoms with E-state index >= 15 is 0 Å². The molecular formula is C12H23N3O3. The van der Waals surface area contributed by atoms with Gasteiger partial charge in [-0.25, -0.2) is 4.79 Å². The number of carbonyl (C=O) groups is 2. The van der Waals surface area contributed by atoms with Gasteiger partial charge in [0.05, 0.1) is 5.92 Å². The lowest BCUT2D eigenvalue weighted by Gasteiger charge is -2.22. The molecule has 0 aromatic heterocycles. The Hall–Kier alpha value is -1.30. The summed E-state index contributed by atoms with van der Waals surface area (Å²) in [5.41, 5.74) is 0. The molecule has 0 bridgehead atoms. The van der Waals surface area contributed by atoms with Gasteiger partial charge >= 0.3 is 12.0 Å². The molecule has 3 unspecified atom stereocenters. The van der Waals surface area contributed by atoms with Gasteiger partial charge in [-0.05, 0) is 20.0 Å². The number of likely N-dealkylation sites (tertiary alicyclic amines) is 1. The molecule has 1 aliphatic heterocycles. The fourth-order valence-electron chi connectivity index (χ4n) is 2.23. The van der Waals surface area contributed by atoms with E-state index in [0.717, 1.165) is 6.54 Å². The van der Waals surface area contributed by atoms with E-state index in [9.17, 15) is 9.59 Å². The number of amides is 2. The molecule has 1 rings (SSSR count). The summed E-state index contributed by atoms with van der Waals surface area (Å²) in [5.74, 6) is -1.02. The first kappa shape index (κ1) is 14.8. The number of hydrogen-bond acceptors (Lipinski definition) is 3. The van der Waals surface area contributed by atoms with E-state index in [1.54, 1.807) is 11.8 Å². The third-order valence-corrected chi connectivity index (χ3v) is 3.50. The zero-order valence-electron chi connectivity index (χ0n) is 11.5. The van der Waals surface area contributed by atoms with E-state index in [4.69, 9.17) is 5.11 Å². The van der Waals surface area contributed by atoms with Crippen molar-refractivity contribution in [2.45, 2.75) is 19.9 Å². The van der Waals surface area contributed by atoms with Crippen LogP contribution in [0.25, 0.3) is 0 Å². The first-order valence-electron chi connectivity index (χ1n) is 6.25. The van der Waals surface area contributed by atoms with Crippen LogP contribution in [0, 0.1) is 11.8 Å². The molecular weight excluding hydrogens is 234 g/mol. The van der Waals surface area contributed by atoms with E-state index in [-0.39, 0.29) is 12.6 Å². The highest BCUT2D eigenvalue weighted by atomic mass is 16.4. The van der Waals surface area contributed by atoms with Crippen LogP contribution in [0.5, 0.6) is 0 Å². The van der Waals surface area contributed by atoms with Crippen molar-refractivity contribution < 1.29 is 14.7 Å². The Labute approximate surface area is 108 Å². The molecule has 0 aromatic rings. The lowest BCUT2D eigenvalue weighted by molar-refractivity contribution is -0.140. The van der Waals surface area contributed by atoms with Gasteiger partial charge in [0.15, 0.2) is 0 Å². The number of urea groups is 1. The summed E-state index contributed by atoms with van der Waals surface area (Å²) in [6, 6.07) is 0.201. The number of hydrogen-bond donors (Lipinski definition) is 2. The first-order chi connectivity index (χ1) is 8.32. The van der Waals surface area contributed by atoms with Crippen LogP contribution >= 0.6 is 0 Å². The van der Waals surface area contributed by atoms with Crippen molar-refractivity contribution in [2.75, 3.05) is 33.7 Å². The van der Waals surface area contributed by atoms with Crippen molar-refractivity contribution in [3.8, 4) is 0 Å². The summed E-state index contributed by atoms with van der Waals surface area (Å²) < 4.78 is 0. The van der Waals surface area contributed by atoms with E-state index < -0.39 is 11.9 Å². The van der Waals surface area contributed by atoms with Gasteiger partial charge in [-0.2, -0.15) is 0 Å². The zero-order valence-corrected chi connectivity index (χ0v) is 11.5. The van der Waals surface area contributed by atoms with Gasteiger partial charge in [0.25, 0.3) is 0 Å². The molecule has 1 heterocycles. The standard InChI is InChI=1S/C12H23N3O3/c1-8(11(16)17)5-13-12(18)15-6-9(2)10(7-15)14(3)4/h8-10H,5-7H2,1-4H3,(H,13,18)(H,16,17). The molecule has 104 valence electrons. The summed E-state index contributed by atoms with van der Waals surface area (Å²) >= 11 is 0. The van der Waals surface area contributed by atoms with E-state index in [0.29, 0.717) is 18.5 Å². The highest BCUT2D eigenvalue weighted by Crippen LogP contribution is 2.19. The fourth-order valence-corrected chi connectivity index (χ4v) is 2.23. The highest BCUT2D eigenvalue weighted by molar-refractivity contribution is 5.76. The number of likely N-dealkylation sites (N-methyl/N-ethyl adjacent to an activating group) is 1. The maximum absolute atomic E-state index is 11.9.